The first-order chi connectivity index (χ1) is 13.3. The number of nitrogens with zero attached hydrogens (tertiary/aromatic N) is 4. The first-order valence-corrected chi connectivity index (χ1v) is 9.99. The third kappa shape index (κ3) is 4.26. The van der Waals surface area contributed by atoms with Crippen LogP contribution in [0, 0.1) is 27.7 Å². The van der Waals surface area contributed by atoms with Gasteiger partial charge in [-0.2, -0.15) is 0 Å². The molecule has 0 aliphatic carbocycles. The highest BCUT2D eigenvalue weighted by Crippen LogP contribution is 2.29. The van der Waals surface area contributed by atoms with Gasteiger partial charge in [-0.05, 0) is 56.9 Å². The molecule has 1 fully saturated rings. The van der Waals surface area contributed by atoms with Crippen molar-refractivity contribution in [3.8, 4) is 0 Å². The molecule has 0 saturated carbocycles. The summed E-state index contributed by atoms with van der Waals surface area (Å²) in [4.78, 5) is 26.1. The van der Waals surface area contributed by atoms with Gasteiger partial charge in [0.15, 0.2) is 0 Å². The molecule has 3 rings (SSSR count). The second-order valence-electron chi connectivity index (χ2n) is 7.95. The van der Waals surface area contributed by atoms with Gasteiger partial charge in [-0.3, -0.25) is 0 Å². The number of carbonyl (C=O) groups excluding carboxylic acids is 1. The number of aryl methyl sites for hydroxylation is 4. The fourth-order valence-corrected chi connectivity index (χ4v) is 3.76. The van der Waals surface area contributed by atoms with Gasteiger partial charge >= 0.3 is 6.03 Å². The number of aromatic nitrogens is 2. The molecule has 0 radical (unpaired) electrons. The van der Waals surface area contributed by atoms with Gasteiger partial charge in [-0.1, -0.05) is 19.9 Å². The topological polar surface area (TPSA) is 61.4 Å². The minimum absolute atomic E-state index is 0.0398. The molecular weight excluding hydrogens is 350 g/mol. The van der Waals surface area contributed by atoms with Gasteiger partial charge in [0.2, 0.25) is 0 Å². The van der Waals surface area contributed by atoms with Gasteiger partial charge in [0.1, 0.15) is 11.6 Å². The molecule has 1 saturated heterocycles. The van der Waals surface area contributed by atoms with Crippen LogP contribution in [0.1, 0.15) is 48.0 Å². The number of rotatable bonds is 3. The molecule has 1 aliphatic rings. The Kier molecular flexibility index (Phi) is 5.87. The van der Waals surface area contributed by atoms with Gasteiger partial charge in [0, 0.05) is 43.1 Å². The highest BCUT2D eigenvalue weighted by atomic mass is 16.2. The van der Waals surface area contributed by atoms with E-state index in [1.807, 2.05) is 30.0 Å². The Bertz CT molecular complexity index is 869. The maximum atomic E-state index is 12.7. The molecule has 0 atom stereocenters. The molecule has 1 aromatic heterocycles. The van der Waals surface area contributed by atoms with Gasteiger partial charge < -0.3 is 15.1 Å². The number of hydrogen-bond acceptors (Lipinski definition) is 4. The van der Waals surface area contributed by atoms with Crippen molar-refractivity contribution in [2.45, 2.75) is 47.5 Å². The Morgan fingerprint density at radius 3 is 2.29 bits per heavy atom. The van der Waals surface area contributed by atoms with Crippen LogP contribution in [0.5, 0.6) is 0 Å². The van der Waals surface area contributed by atoms with Crippen LogP contribution < -0.4 is 10.2 Å². The lowest BCUT2D eigenvalue weighted by molar-refractivity contribution is 0.208. The Hall–Kier alpha value is -2.63. The number of nitrogens with one attached hydrogen (secondary N) is 1. The molecule has 6 nitrogen and oxygen atoms in total. The van der Waals surface area contributed by atoms with E-state index in [1.54, 1.807) is 0 Å². The fraction of sp³-hybridized carbons (Fsp3) is 0.500. The van der Waals surface area contributed by atoms with E-state index in [0.29, 0.717) is 19.0 Å². The minimum atomic E-state index is -0.0398. The van der Waals surface area contributed by atoms with E-state index in [1.165, 1.54) is 16.7 Å². The van der Waals surface area contributed by atoms with Gasteiger partial charge in [-0.15, -0.1) is 0 Å². The van der Waals surface area contributed by atoms with Crippen LogP contribution in [0.25, 0.3) is 0 Å². The zero-order chi connectivity index (χ0) is 20.4. The summed E-state index contributed by atoms with van der Waals surface area (Å²) in [6.45, 7) is 15.4. The average molecular weight is 382 g/mol. The van der Waals surface area contributed by atoms with E-state index in [2.05, 4.69) is 49.8 Å². The number of carbonyl (C=O) groups is 1. The summed E-state index contributed by atoms with van der Waals surface area (Å²) in [6, 6.07) is 5.97. The molecule has 6 heteroatoms. The van der Waals surface area contributed by atoms with E-state index < -0.39 is 0 Å². The fourth-order valence-electron chi connectivity index (χ4n) is 3.76. The molecule has 1 aromatic carbocycles. The zero-order valence-corrected chi connectivity index (χ0v) is 17.8. The molecular formula is C22H31N5O. The Morgan fingerprint density at radius 1 is 1.00 bits per heavy atom. The number of anilines is 2. The van der Waals surface area contributed by atoms with Crippen LogP contribution in [0.3, 0.4) is 0 Å². The van der Waals surface area contributed by atoms with Crippen LogP contribution in [-0.2, 0) is 0 Å². The summed E-state index contributed by atoms with van der Waals surface area (Å²) >= 11 is 0. The minimum Gasteiger partial charge on any atom is -0.353 e. The Labute approximate surface area is 168 Å². The summed E-state index contributed by atoms with van der Waals surface area (Å²) in [5, 5.41) is 3.02. The highest BCUT2D eigenvalue weighted by molar-refractivity contribution is 5.89. The maximum Gasteiger partial charge on any atom is 0.321 e. The van der Waals surface area contributed by atoms with Crippen molar-refractivity contribution in [1.29, 1.82) is 0 Å². The van der Waals surface area contributed by atoms with E-state index in [-0.39, 0.29) is 6.03 Å². The SMILES string of the molecule is Cc1nc(C)c(C(C)C)c(N2CCN(C(=O)Nc3ccc(C)c(C)c3)CC2)n1. The van der Waals surface area contributed by atoms with Crippen molar-refractivity contribution in [1.82, 2.24) is 14.9 Å². The maximum absolute atomic E-state index is 12.7. The quantitative estimate of drug-likeness (QED) is 0.866. The van der Waals surface area contributed by atoms with Gasteiger partial charge in [0.05, 0.1) is 0 Å². The lowest BCUT2D eigenvalue weighted by Gasteiger charge is -2.36. The number of hydrogen-bond donors (Lipinski definition) is 1. The summed E-state index contributed by atoms with van der Waals surface area (Å²) in [5.41, 5.74) is 5.51. The summed E-state index contributed by atoms with van der Waals surface area (Å²) < 4.78 is 0. The molecule has 2 heterocycles. The highest BCUT2D eigenvalue weighted by Gasteiger charge is 2.25. The predicted molar refractivity (Wildman–Crippen MR) is 114 cm³/mol. The number of urea groups is 1. The third-order valence-corrected chi connectivity index (χ3v) is 5.43. The van der Waals surface area contributed by atoms with E-state index >= 15 is 0 Å². The number of piperazine rings is 1. The van der Waals surface area contributed by atoms with Crippen LogP contribution in [0.2, 0.25) is 0 Å². The monoisotopic (exact) mass is 381 g/mol. The molecule has 0 spiro atoms. The van der Waals surface area contributed by atoms with Crippen LogP contribution in [-0.4, -0.2) is 47.1 Å². The van der Waals surface area contributed by atoms with Crippen LogP contribution in [0.15, 0.2) is 18.2 Å². The summed E-state index contributed by atoms with van der Waals surface area (Å²) in [7, 11) is 0. The normalized spacial score (nSPS) is 14.5. The second kappa shape index (κ2) is 8.17. The zero-order valence-electron chi connectivity index (χ0n) is 17.8. The standard InChI is InChI=1S/C22H31N5O/c1-14(2)20-17(5)23-18(6)24-21(20)26-9-11-27(12-10-26)22(28)25-19-8-7-15(3)16(4)13-19/h7-8,13-14H,9-12H2,1-6H3,(H,25,28). The van der Waals surface area contributed by atoms with E-state index in [4.69, 9.17) is 4.98 Å². The van der Waals surface area contributed by atoms with Gasteiger partial charge in [0.25, 0.3) is 0 Å². The van der Waals surface area contributed by atoms with Crippen molar-refractivity contribution in [2.24, 2.45) is 0 Å². The molecule has 0 unspecified atom stereocenters. The average Bonchev–Trinajstić information content (AvgIpc) is 2.64. The summed E-state index contributed by atoms with van der Waals surface area (Å²) in [6.07, 6.45) is 0. The molecule has 2 amide bonds. The molecule has 1 aliphatic heterocycles. The lowest BCUT2D eigenvalue weighted by Crippen LogP contribution is -2.50. The van der Waals surface area contributed by atoms with Crippen LogP contribution >= 0.6 is 0 Å². The first kappa shape index (κ1) is 20.1. The molecule has 2 aromatic rings. The van der Waals surface area contributed by atoms with Crippen molar-refractivity contribution in [3.63, 3.8) is 0 Å². The molecule has 28 heavy (non-hydrogen) atoms. The number of benzene rings is 1. The smallest absolute Gasteiger partial charge is 0.321 e. The Morgan fingerprint density at radius 2 is 1.68 bits per heavy atom. The summed E-state index contributed by atoms with van der Waals surface area (Å²) in [5.74, 6) is 2.18. The second-order valence-corrected chi connectivity index (χ2v) is 7.95. The van der Waals surface area contributed by atoms with Crippen molar-refractivity contribution < 1.29 is 4.79 Å². The van der Waals surface area contributed by atoms with Gasteiger partial charge in [-0.25, -0.2) is 14.8 Å². The van der Waals surface area contributed by atoms with E-state index in [9.17, 15) is 4.79 Å². The lowest BCUT2D eigenvalue weighted by atomic mass is 10.0. The van der Waals surface area contributed by atoms with Crippen molar-refractivity contribution in [2.75, 3.05) is 36.4 Å². The Balaban J connectivity index is 1.67. The molecule has 0 bridgehead atoms. The molecule has 150 valence electrons. The first-order valence-electron chi connectivity index (χ1n) is 9.99. The molecule has 1 N–H and O–H groups in total. The van der Waals surface area contributed by atoms with Crippen LogP contribution in [0.4, 0.5) is 16.3 Å². The van der Waals surface area contributed by atoms with Crippen molar-refractivity contribution in [3.05, 3.63) is 46.4 Å². The number of amides is 2. The largest absolute Gasteiger partial charge is 0.353 e. The van der Waals surface area contributed by atoms with E-state index in [0.717, 1.165) is 36.1 Å². The van der Waals surface area contributed by atoms with Crippen molar-refractivity contribution >= 4 is 17.5 Å². The third-order valence-electron chi connectivity index (χ3n) is 5.43. The predicted octanol–water partition coefficient (Wildman–Crippen LogP) is 4.19.